The number of anilines is 2. The number of amides is 2. The Hall–Kier alpha value is -3.36. The highest BCUT2D eigenvalue weighted by Gasteiger charge is 2.16. The molecule has 2 amide bonds. The standard InChI is InChI=1S/C26H36N4O4/c1-7-27-24-18-22(34-17-16-32-5)12-13-23(24)19(2)29-20-8-10-21(11-9-20)30-25(31)28-15-14-26(3,4)33-6/h7-13,18,29H,2,14-17H2,1,3-6H3,(H2,28,30,31). The third-order valence-corrected chi connectivity index (χ3v) is 5.12. The number of hydrogen-bond donors (Lipinski definition) is 3. The van der Waals surface area contributed by atoms with E-state index < -0.39 is 0 Å². The summed E-state index contributed by atoms with van der Waals surface area (Å²) in [5.74, 6) is 0.716. The first-order chi connectivity index (χ1) is 16.3. The van der Waals surface area contributed by atoms with Crippen molar-refractivity contribution in [3.8, 4) is 5.75 Å². The van der Waals surface area contributed by atoms with Crippen molar-refractivity contribution in [2.75, 3.05) is 44.6 Å². The maximum atomic E-state index is 12.1. The molecular formula is C26H36N4O4. The summed E-state index contributed by atoms with van der Waals surface area (Å²) in [5.41, 5.74) is 3.56. The molecule has 0 fully saturated rings. The Morgan fingerprint density at radius 2 is 1.74 bits per heavy atom. The zero-order valence-electron chi connectivity index (χ0n) is 20.7. The molecule has 0 spiro atoms. The van der Waals surface area contributed by atoms with Crippen molar-refractivity contribution >= 4 is 35.0 Å². The maximum Gasteiger partial charge on any atom is 0.319 e. The van der Waals surface area contributed by atoms with Crippen LogP contribution < -0.4 is 20.7 Å². The molecule has 0 bridgehead atoms. The summed E-state index contributed by atoms with van der Waals surface area (Å²) >= 11 is 0. The van der Waals surface area contributed by atoms with E-state index in [0.29, 0.717) is 43.3 Å². The lowest BCUT2D eigenvalue weighted by atomic mass is 10.1. The molecule has 0 atom stereocenters. The third kappa shape index (κ3) is 8.88. The second-order valence-corrected chi connectivity index (χ2v) is 8.18. The van der Waals surface area contributed by atoms with Gasteiger partial charge in [-0.2, -0.15) is 0 Å². The van der Waals surface area contributed by atoms with Crippen LogP contribution in [0, 0.1) is 0 Å². The molecule has 0 radical (unpaired) electrons. The minimum absolute atomic E-state index is 0.258. The van der Waals surface area contributed by atoms with Gasteiger partial charge in [-0.3, -0.25) is 4.99 Å². The van der Waals surface area contributed by atoms with Gasteiger partial charge in [-0.25, -0.2) is 4.79 Å². The zero-order valence-corrected chi connectivity index (χ0v) is 20.7. The fourth-order valence-corrected chi connectivity index (χ4v) is 2.98. The molecule has 0 heterocycles. The number of carbonyl (C=O) groups is 1. The van der Waals surface area contributed by atoms with E-state index in [0.717, 1.165) is 16.9 Å². The molecule has 0 saturated carbocycles. The van der Waals surface area contributed by atoms with Crippen LogP contribution in [0.1, 0.15) is 32.8 Å². The van der Waals surface area contributed by atoms with Crippen molar-refractivity contribution in [1.82, 2.24) is 5.32 Å². The number of nitrogens with one attached hydrogen (secondary N) is 3. The van der Waals surface area contributed by atoms with Gasteiger partial charge in [0.1, 0.15) is 12.4 Å². The number of hydrogen-bond acceptors (Lipinski definition) is 6. The second-order valence-electron chi connectivity index (χ2n) is 8.18. The number of aliphatic imine (C=N–C) groups is 1. The molecule has 8 nitrogen and oxygen atoms in total. The first-order valence-corrected chi connectivity index (χ1v) is 11.2. The van der Waals surface area contributed by atoms with Crippen LogP contribution in [0.5, 0.6) is 5.75 Å². The molecule has 0 aliphatic rings. The fraction of sp³-hybridized carbons (Fsp3) is 0.385. The van der Waals surface area contributed by atoms with Crippen LogP contribution in [0.2, 0.25) is 0 Å². The lowest BCUT2D eigenvalue weighted by Crippen LogP contribution is -2.34. The van der Waals surface area contributed by atoms with Gasteiger partial charge in [0.05, 0.1) is 17.9 Å². The van der Waals surface area contributed by atoms with Gasteiger partial charge in [-0.15, -0.1) is 0 Å². The monoisotopic (exact) mass is 468 g/mol. The highest BCUT2D eigenvalue weighted by Crippen LogP contribution is 2.31. The Kier molecular flexibility index (Phi) is 10.6. The van der Waals surface area contributed by atoms with Gasteiger partial charge >= 0.3 is 6.03 Å². The number of ether oxygens (including phenoxy) is 3. The average Bonchev–Trinajstić information content (AvgIpc) is 2.81. The normalized spacial score (nSPS) is 11.3. The molecule has 0 aliphatic carbocycles. The fourth-order valence-electron chi connectivity index (χ4n) is 2.98. The Balaban J connectivity index is 1.95. The zero-order chi connectivity index (χ0) is 25.0. The predicted molar refractivity (Wildman–Crippen MR) is 139 cm³/mol. The summed E-state index contributed by atoms with van der Waals surface area (Å²) in [6.45, 7) is 11.5. The summed E-state index contributed by atoms with van der Waals surface area (Å²) in [6.07, 6.45) is 2.44. The van der Waals surface area contributed by atoms with Crippen LogP contribution in [0.25, 0.3) is 5.70 Å². The molecule has 0 unspecified atom stereocenters. The summed E-state index contributed by atoms with van der Waals surface area (Å²) in [4.78, 5) is 16.6. The van der Waals surface area contributed by atoms with Gasteiger partial charge in [0.2, 0.25) is 0 Å². The Morgan fingerprint density at radius 1 is 1.06 bits per heavy atom. The van der Waals surface area contributed by atoms with Crippen LogP contribution in [-0.4, -0.2) is 51.8 Å². The molecule has 2 aromatic carbocycles. The third-order valence-electron chi connectivity index (χ3n) is 5.12. The molecule has 184 valence electrons. The number of methoxy groups -OCH3 is 2. The summed E-state index contributed by atoms with van der Waals surface area (Å²) in [6, 6.07) is 12.8. The smallest absolute Gasteiger partial charge is 0.319 e. The largest absolute Gasteiger partial charge is 0.491 e. The highest BCUT2D eigenvalue weighted by atomic mass is 16.5. The lowest BCUT2D eigenvalue weighted by Gasteiger charge is -2.22. The Morgan fingerprint density at radius 3 is 2.35 bits per heavy atom. The molecule has 8 heteroatoms. The van der Waals surface area contributed by atoms with Gasteiger partial charge in [0, 0.05) is 55.7 Å². The van der Waals surface area contributed by atoms with E-state index in [4.69, 9.17) is 14.2 Å². The van der Waals surface area contributed by atoms with E-state index in [1.54, 1.807) is 20.4 Å². The predicted octanol–water partition coefficient (Wildman–Crippen LogP) is 5.45. The van der Waals surface area contributed by atoms with Crippen molar-refractivity contribution in [3.05, 3.63) is 54.6 Å². The van der Waals surface area contributed by atoms with Gasteiger partial charge in [0.25, 0.3) is 0 Å². The number of benzene rings is 2. The SMILES string of the molecule is C=C(Nc1ccc(NC(=O)NCCC(C)(C)OC)cc1)c1ccc(OCCOC)cc1N=CC. The molecule has 34 heavy (non-hydrogen) atoms. The van der Waals surface area contributed by atoms with Gasteiger partial charge in [0.15, 0.2) is 0 Å². The summed E-state index contributed by atoms with van der Waals surface area (Å²) in [5, 5.41) is 8.96. The topological polar surface area (TPSA) is 93.2 Å². The lowest BCUT2D eigenvalue weighted by molar-refractivity contribution is 0.0165. The van der Waals surface area contributed by atoms with Crippen LogP contribution in [0.4, 0.5) is 21.9 Å². The highest BCUT2D eigenvalue weighted by molar-refractivity contribution is 5.90. The molecular weight excluding hydrogens is 432 g/mol. The minimum Gasteiger partial charge on any atom is -0.491 e. The first-order valence-electron chi connectivity index (χ1n) is 11.2. The summed E-state index contributed by atoms with van der Waals surface area (Å²) in [7, 11) is 3.30. The first kappa shape index (κ1) is 26.9. The Bertz CT molecular complexity index is 971. The molecule has 0 aromatic heterocycles. The van der Waals surface area contributed by atoms with Crippen LogP contribution >= 0.6 is 0 Å². The van der Waals surface area contributed by atoms with E-state index in [9.17, 15) is 4.79 Å². The van der Waals surface area contributed by atoms with E-state index in [1.807, 2.05) is 63.2 Å². The van der Waals surface area contributed by atoms with Crippen LogP contribution in [0.15, 0.2) is 54.0 Å². The number of carbonyl (C=O) groups excluding carboxylic acids is 1. The molecule has 2 aromatic rings. The molecule has 3 N–H and O–H groups in total. The number of urea groups is 1. The van der Waals surface area contributed by atoms with Crippen molar-refractivity contribution in [2.24, 2.45) is 4.99 Å². The maximum absolute atomic E-state index is 12.1. The van der Waals surface area contributed by atoms with E-state index in [-0.39, 0.29) is 11.6 Å². The quantitative estimate of drug-likeness (QED) is 0.268. The van der Waals surface area contributed by atoms with Crippen molar-refractivity contribution in [1.29, 1.82) is 0 Å². The second kappa shape index (κ2) is 13.4. The van der Waals surface area contributed by atoms with Crippen molar-refractivity contribution < 1.29 is 19.0 Å². The minimum atomic E-state index is -0.275. The molecule has 2 rings (SSSR count). The Labute approximate surface area is 202 Å². The average molecular weight is 469 g/mol. The van der Waals surface area contributed by atoms with Crippen molar-refractivity contribution in [3.63, 3.8) is 0 Å². The van der Waals surface area contributed by atoms with Gasteiger partial charge in [-0.05, 0) is 63.6 Å². The van der Waals surface area contributed by atoms with E-state index in [1.165, 1.54) is 0 Å². The van der Waals surface area contributed by atoms with Crippen LogP contribution in [-0.2, 0) is 9.47 Å². The number of rotatable bonds is 13. The van der Waals surface area contributed by atoms with Crippen LogP contribution in [0.3, 0.4) is 0 Å². The van der Waals surface area contributed by atoms with Gasteiger partial charge in [-0.1, -0.05) is 6.58 Å². The van der Waals surface area contributed by atoms with Gasteiger partial charge < -0.3 is 30.2 Å². The van der Waals surface area contributed by atoms with E-state index >= 15 is 0 Å². The summed E-state index contributed by atoms with van der Waals surface area (Å²) < 4.78 is 16.1. The van der Waals surface area contributed by atoms with Crippen molar-refractivity contribution in [2.45, 2.75) is 32.8 Å². The molecule has 0 aliphatic heterocycles. The number of nitrogens with zero attached hydrogens (tertiary/aromatic N) is 1. The van der Waals surface area contributed by atoms with E-state index in [2.05, 4.69) is 27.5 Å². The molecule has 0 saturated heterocycles.